The molecule has 0 radical (unpaired) electrons. The third-order valence-electron chi connectivity index (χ3n) is 2.12. The minimum atomic E-state index is -4.69. The highest BCUT2D eigenvalue weighted by Crippen LogP contribution is 2.21. The molecule has 1 aromatic rings. The Kier molecular flexibility index (Phi) is 5.54. The van der Waals surface area contributed by atoms with Crippen molar-refractivity contribution in [3.8, 4) is 0 Å². The number of hydroxylamine groups is 2. The Labute approximate surface area is 107 Å². The fourth-order valence-corrected chi connectivity index (χ4v) is 1.36. The van der Waals surface area contributed by atoms with Crippen molar-refractivity contribution < 1.29 is 33.7 Å². The molecule has 0 atom stereocenters. The molecule has 0 spiro atoms. The second-order valence-electron chi connectivity index (χ2n) is 3.40. The van der Waals surface area contributed by atoms with Gasteiger partial charge >= 0.3 is 0 Å². The lowest BCUT2D eigenvalue weighted by Gasteiger charge is -2.13. The van der Waals surface area contributed by atoms with Crippen LogP contribution < -0.4 is 14.0 Å². The largest absolute Gasteiger partial charge is 0.405 e. The molecule has 0 amide bonds. The fourth-order valence-electron chi connectivity index (χ4n) is 1.36. The van der Waals surface area contributed by atoms with E-state index in [9.17, 15) is 0 Å². The van der Waals surface area contributed by atoms with Crippen LogP contribution in [0.1, 0.15) is 12.5 Å². The van der Waals surface area contributed by atoms with E-state index in [2.05, 4.69) is 25.1 Å². The van der Waals surface area contributed by atoms with Gasteiger partial charge in [0.25, 0.3) is 0 Å². The molecule has 0 unspecified atom stereocenters. The number of likely N-dealkylation sites (N-methyl/N-ethyl adjacent to an activating group) is 1. The topological polar surface area (TPSA) is 102 Å². The van der Waals surface area contributed by atoms with E-state index in [1.165, 1.54) is 0 Å². The van der Waals surface area contributed by atoms with Gasteiger partial charge in [-0.05, 0) is 13.0 Å². The molecule has 7 heteroatoms. The van der Waals surface area contributed by atoms with Gasteiger partial charge in [-0.2, -0.15) is 14.0 Å². The second-order valence-corrected chi connectivity index (χ2v) is 4.19. The van der Waals surface area contributed by atoms with Crippen LogP contribution in [0.15, 0.2) is 36.4 Å². The first-order valence-electron chi connectivity index (χ1n) is 5.22. The van der Waals surface area contributed by atoms with E-state index in [0.717, 1.165) is 24.4 Å². The molecular formula is C11H14ClNO5. The number of halogens is 1. The summed E-state index contributed by atoms with van der Waals surface area (Å²) < 4.78 is 32.7. The van der Waals surface area contributed by atoms with Crippen molar-refractivity contribution in [3.63, 3.8) is 0 Å². The van der Waals surface area contributed by atoms with Crippen molar-refractivity contribution in [1.29, 1.82) is 0 Å². The summed E-state index contributed by atoms with van der Waals surface area (Å²) in [6.45, 7) is 3.90. The normalized spacial score (nSPS) is 15.5. The van der Waals surface area contributed by atoms with E-state index >= 15 is 0 Å². The number of benzene rings is 1. The summed E-state index contributed by atoms with van der Waals surface area (Å²) in [6, 6.07) is 10.2. The first kappa shape index (κ1) is 14.9. The zero-order chi connectivity index (χ0) is 13.6. The van der Waals surface area contributed by atoms with Crippen LogP contribution >= 0.6 is 0 Å². The van der Waals surface area contributed by atoms with E-state index in [4.69, 9.17) is 23.5 Å². The molecule has 1 aromatic carbocycles. The molecule has 1 aliphatic heterocycles. The summed E-state index contributed by atoms with van der Waals surface area (Å²) >= 11 is 0. The number of hydrogen-bond donors (Lipinski definition) is 1. The third-order valence-corrected chi connectivity index (χ3v) is 2.12. The molecule has 100 valence electrons. The lowest BCUT2D eigenvalue weighted by Crippen LogP contribution is -2.58. The standard InChI is InChI=1S/C11H13NO.ClHO4/c1-2-12-9-8-11(13-12)10-6-4-3-5-7-10;2-1(3,4)5/h3-8H,2,9H2,1H3;(H,2,3,4,5). The van der Waals surface area contributed by atoms with Gasteiger partial charge < -0.3 is 4.84 Å². The van der Waals surface area contributed by atoms with Gasteiger partial charge in [0.15, 0.2) is 5.76 Å². The first-order chi connectivity index (χ1) is 8.40. The zero-order valence-electron chi connectivity index (χ0n) is 9.78. The molecule has 0 aliphatic carbocycles. The van der Waals surface area contributed by atoms with Crippen LogP contribution in [0.5, 0.6) is 0 Å². The van der Waals surface area contributed by atoms with Gasteiger partial charge in [-0.15, -0.1) is 5.06 Å². The smallest absolute Gasteiger partial charge is 0.152 e. The van der Waals surface area contributed by atoms with Crippen LogP contribution in [-0.4, -0.2) is 22.8 Å². The molecular weight excluding hydrogens is 262 g/mol. The highest BCUT2D eigenvalue weighted by atomic mass is 35.7. The van der Waals surface area contributed by atoms with Gasteiger partial charge in [-0.1, -0.05) is 30.3 Å². The number of hydrogen-bond acceptors (Lipinski definition) is 6. The summed E-state index contributed by atoms with van der Waals surface area (Å²) in [6.07, 6.45) is 2.11. The Morgan fingerprint density at radius 1 is 1.28 bits per heavy atom. The van der Waals surface area contributed by atoms with Gasteiger partial charge in [-0.3, -0.25) is 0 Å². The Hall–Kier alpha value is -1.15. The molecule has 0 saturated carbocycles. The van der Waals surface area contributed by atoms with Gasteiger partial charge in [0, 0.05) is 12.1 Å². The average Bonchev–Trinajstić information content (AvgIpc) is 2.76. The summed E-state index contributed by atoms with van der Waals surface area (Å²) in [5, 5.41) is 1.93. The van der Waals surface area contributed by atoms with Crippen LogP contribution in [0, 0.1) is 10.2 Å². The molecule has 18 heavy (non-hydrogen) atoms. The molecule has 6 nitrogen and oxygen atoms in total. The maximum Gasteiger partial charge on any atom is 0.152 e. The lowest BCUT2D eigenvalue weighted by molar-refractivity contribution is -1.92. The predicted octanol–water partition coefficient (Wildman–Crippen LogP) is -1.83. The maximum absolute atomic E-state index is 8.60. The predicted molar refractivity (Wildman–Crippen MR) is 55.0 cm³/mol. The van der Waals surface area contributed by atoms with Crippen molar-refractivity contribution in [2.75, 3.05) is 13.1 Å². The van der Waals surface area contributed by atoms with Crippen LogP contribution in [-0.2, 0) is 4.84 Å². The van der Waals surface area contributed by atoms with Crippen molar-refractivity contribution in [1.82, 2.24) is 5.06 Å². The number of nitrogens with zero attached hydrogens (tertiary/aromatic N) is 1. The van der Waals surface area contributed by atoms with Crippen molar-refractivity contribution in [2.45, 2.75) is 6.92 Å². The van der Waals surface area contributed by atoms with E-state index in [0.29, 0.717) is 0 Å². The monoisotopic (exact) mass is 275 g/mol. The molecule has 0 bridgehead atoms. The fraction of sp³-hybridized carbons (Fsp3) is 0.273. The number of rotatable bonds is 2. The Morgan fingerprint density at radius 2 is 1.83 bits per heavy atom. The van der Waals surface area contributed by atoms with Gasteiger partial charge in [0.1, 0.15) is 0 Å². The first-order valence-corrected chi connectivity index (χ1v) is 6.48. The molecule has 0 aromatic heterocycles. The summed E-state index contributed by atoms with van der Waals surface area (Å²) in [5.41, 5.74) is 1.15. The minimum Gasteiger partial charge on any atom is -0.405 e. The van der Waals surface area contributed by atoms with Crippen LogP contribution in [0.25, 0.3) is 5.76 Å². The van der Waals surface area contributed by atoms with E-state index in [-0.39, 0.29) is 0 Å². The average molecular weight is 276 g/mol. The SMILES string of the molecule is CCN1CC=C(c2ccccc2)O1.[O-][Cl+3]([O-])([O-])O. The van der Waals surface area contributed by atoms with Crippen LogP contribution in [0.2, 0.25) is 0 Å². The van der Waals surface area contributed by atoms with Crippen molar-refractivity contribution in [3.05, 3.63) is 42.0 Å². The summed E-state index contributed by atoms with van der Waals surface area (Å²) in [5.74, 6) is 0.974. The van der Waals surface area contributed by atoms with Crippen molar-refractivity contribution >= 4 is 5.76 Å². The van der Waals surface area contributed by atoms with E-state index in [1.807, 2.05) is 23.3 Å². The lowest BCUT2D eigenvalue weighted by atomic mass is 10.2. The molecule has 0 fully saturated rings. The maximum atomic E-state index is 8.60. The Morgan fingerprint density at radius 3 is 2.28 bits per heavy atom. The quantitative estimate of drug-likeness (QED) is 0.681. The molecule has 1 N–H and O–H groups in total. The highest BCUT2D eigenvalue weighted by molar-refractivity contribution is 5.60. The summed E-state index contributed by atoms with van der Waals surface area (Å²) in [7, 11) is -4.69. The van der Waals surface area contributed by atoms with Gasteiger partial charge in [0.05, 0.1) is 21.4 Å². The second kappa shape index (κ2) is 6.69. The van der Waals surface area contributed by atoms with Gasteiger partial charge in [-0.25, -0.2) is 0 Å². The molecule has 0 saturated heterocycles. The Balaban J connectivity index is 0.000000280. The summed E-state index contributed by atoms with van der Waals surface area (Å²) in [4.78, 5) is 5.59. The molecule has 2 rings (SSSR count). The molecule has 1 heterocycles. The van der Waals surface area contributed by atoms with Gasteiger partial charge in [0.2, 0.25) is 0 Å². The third kappa shape index (κ3) is 5.97. The van der Waals surface area contributed by atoms with Crippen LogP contribution in [0.3, 0.4) is 0 Å². The van der Waals surface area contributed by atoms with E-state index < -0.39 is 10.2 Å². The zero-order valence-corrected chi connectivity index (χ0v) is 10.5. The Bertz CT molecular complexity index is 384. The van der Waals surface area contributed by atoms with Crippen molar-refractivity contribution in [2.24, 2.45) is 0 Å². The minimum absolute atomic E-state index is 0.890. The van der Waals surface area contributed by atoms with E-state index in [1.54, 1.807) is 0 Å². The van der Waals surface area contributed by atoms with Crippen LogP contribution in [0.4, 0.5) is 0 Å². The highest BCUT2D eigenvalue weighted by Gasteiger charge is 2.14. The molecule has 1 aliphatic rings.